The first kappa shape index (κ1) is 14.3. The van der Waals surface area contributed by atoms with Crippen LogP contribution in [0.5, 0.6) is 0 Å². The summed E-state index contributed by atoms with van der Waals surface area (Å²) >= 11 is 0.835. The van der Waals surface area contributed by atoms with Crippen LogP contribution in [0.3, 0.4) is 0 Å². The molecule has 1 aromatic carbocycles. The molecule has 0 radical (unpaired) electrons. The molecule has 0 atom stereocenters. The second-order valence-corrected chi connectivity index (χ2v) is 6.08. The highest BCUT2D eigenvalue weighted by Gasteiger charge is 2.16. The van der Waals surface area contributed by atoms with Crippen molar-refractivity contribution in [3.8, 4) is 0 Å². The molecule has 0 spiro atoms. The van der Waals surface area contributed by atoms with Crippen LogP contribution in [0.1, 0.15) is 5.56 Å². The van der Waals surface area contributed by atoms with E-state index in [1.54, 1.807) is 12.1 Å². The van der Waals surface area contributed by atoms with E-state index in [9.17, 15) is 13.2 Å². The number of ether oxygens (including phenoxy) is 1. The molecule has 0 unspecified atom stereocenters. The van der Waals surface area contributed by atoms with Crippen molar-refractivity contribution in [1.29, 1.82) is 0 Å². The van der Waals surface area contributed by atoms with E-state index in [1.807, 2.05) is 0 Å². The Morgan fingerprint density at radius 3 is 2.60 bits per heavy atom. The van der Waals surface area contributed by atoms with Gasteiger partial charge in [0.25, 0.3) is 10.0 Å². The number of nitrogens with one attached hydrogen (secondary N) is 1. The number of aromatic nitrogens is 3. The first-order chi connectivity index (χ1) is 9.51. The number of rotatable bonds is 5. The topological polar surface area (TPSA) is 111 Å². The third-order valence-corrected chi connectivity index (χ3v) is 4.33. The number of carbonyl (C=O) groups excluding carboxylic acids is 1. The molecule has 0 aliphatic heterocycles. The molecule has 1 heterocycles. The van der Waals surface area contributed by atoms with Crippen LogP contribution >= 0.6 is 11.5 Å². The first-order valence-corrected chi connectivity index (χ1v) is 7.60. The summed E-state index contributed by atoms with van der Waals surface area (Å²) in [6.07, 6.45) is 0.0879. The first-order valence-electron chi connectivity index (χ1n) is 5.35. The van der Waals surface area contributed by atoms with Crippen molar-refractivity contribution in [2.45, 2.75) is 11.3 Å². The van der Waals surface area contributed by atoms with Gasteiger partial charge in [-0.05, 0) is 22.9 Å². The zero-order valence-corrected chi connectivity index (χ0v) is 11.9. The molecule has 2 rings (SSSR count). The van der Waals surface area contributed by atoms with Crippen molar-refractivity contribution in [2.75, 3.05) is 11.8 Å². The largest absolute Gasteiger partial charge is 0.469 e. The molecule has 106 valence electrons. The van der Waals surface area contributed by atoms with Gasteiger partial charge in [0.05, 0.1) is 18.4 Å². The van der Waals surface area contributed by atoms with Crippen LogP contribution in [-0.2, 0) is 26.0 Å². The maximum Gasteiger partial charge on any atom is 0.309 e. The number of carbonyl (C=O) groups is 1. The smallest absolute Gasteiger partial charge is 0.309 e. The van der Waals surface area contributed by atoms with Crippen molar-refractivity contribution in [3.05, 3.63) is 29.8 Å². The van der Waals surface area contributed by atoms with Crippen molar-refractivity contribution < 1.29 is 17.9 Å². The molecule has 0 saturated carbocycles. The standard InChI is InChI=1S/C10H10N4O4S2/c1-18-9(15)6-7-2-4-8(5-3-7)20(16,17)12-10-11-13-14-19-10/h2-5H,6H2,1H3,(H,11,12,14). The van der Waals surface area contributed by atoms with Crippen molar-refractivity contribution >= 4 is 32.7 Å². The van der Waals surface area contributed by atoms with Gasteiger partial charge in [0, 0.05) is 11.5 Å². The van der Waals surface area contributed by atoms with Gasteiger partial charge in [-0.25, -0.2) is 8.42 Å². The summed E-state index contributed by atoms with van der Waals surface area (Å²) in [4.78, 5) is 11.2. The van der Waals surface area contributed by atoms with E-state index in [0.29, 0.717) is 5.56 Å². The molecule has 1 N–H and O–H groups in total. The molecule has 0 saturated heterocycles. The highest BCUT2D eigenvalue weighted by Crippen LogP contribution is 2.16. The van der Waals surface area contributed by atoms with Gasteiger partial charge in [0.1, 0.15) is 0 Å². The minimum atomic E-state index is -3.73. The van der Waals surface area contributed by atoms with Crippen LogP contribution in [0.2, 0.25) is 0 Å². The third-order valence-electron chi connectivity index (χ3n) is 2.33. The van der Waals surface area contributed by atoms with Gasteiger partial charge in [-0.3, -0.25) is 9.52 Å². The number of benzene rings is 1. The molecule has 10 heteroatoms. The molecule has 8 nitrogen and oxygen atoms in total. The van der Waals surface area contributed by atoms with E-state index in [-0.39, 0.29) is 16.4 Å². The molecular weight excluding hydrogens is 304 g/mol. The number of hydrogen-bond donors (Lipinski definition) is 1. The molecule has 0 fully saturated rings. The van der Waals surface area contributed by atoms with Crippen molar-refractivity contribution in [1.82, 2.24) is 14.8 Å². The monoisotopic (exact) mass is 314 g/mol. The Morgan fingerprint density at radius 1 is 1.35 bits per heavy atom. The van der Waals surface area contributed by atoms with Gasteiger partial charge >= 0.3 is 5.97 Å². The van der Waals surface area contributed by atoms with Gasteiger partial charge < -0.3 is 4.74 Å². The third kappa shape index (κ3) is 3.48. The number of anilines is 1. The normalized spacial score (nSPS) is 11.1. The zero-order valence-electron chi connectivity index (χ0n) is 10.3. The lowest BCUT2D eigenvalue weighted by Crippen LogP contribution is -2.13. The maximum atomic E-state index is 12.0. The Hall–Kier alpha value is -2.07. The average molecular weight is 314 g/mol. The maximum absolute atomic E-state index is 12.0. The minimum absolute atomic E-state index is 0.0568. The van der Waals surface area contributed by atoms with Gasteiger partial charge in [0.2, 0.25) is 5.13 Å². The summed E-state index contributed by atoms with van der Waals surface area (Å²) in [5.74, 6) is -0.390. The van der Waals surface area contributed by atoms with Crippen LogP contribution in [0.15, 0.2) is 29.2 Å². The average Bonchev–Trinajstić information content (AvgIpc) is 2.91. The van der Waals surface area contributed by atoms with Crippen LogP contribution in [0, 0.1) is 0 Å². The van der Waals surface area contributed by atoms with E-state index >= 15 is 0 Å². The molecule has 20 heavy (non-hydrogen) atoms. The van der Waals surface area contributed by atoms with E-state index in [0.717, 1.165) is 11.5 Å². The minimum Gasteiger partial charge on any atom is -0.469 e. The highest BCUT2D eigenvalue weighted by molar-refractivity contribution is 7.93. The van der Waals surface area contributed by atoms with Gasteiger partial charge in [-0.15, -0.1) is 0 Å². The Kier molecular flexibility index (Phi) is 4.25. The van der Waals surface area contributed by atoms with Crippen LogP contribution in [0.4, 0.5) is 5.13 Å². The summed E-state index contributed by atoms with van der Waals surface area (Å²) < 4.78 is 34.2. The number of methoxy groups -OCH3 is 1. The van der Waals surface area contributed by atoms with Crippen LogP contribution in [-0.4, -0.2) is 36.3 Å². The Bertz CT molecular complexity index is 683. The second kappa shape index (κ2) is 5.92. The molecule has 1 aromatic heterocycles. The quantitative estimate of drug-likeness (QED) is 0.797. The van der Waals surface area contributed by atoms with Gasteiger partial charge in [-0.1, -0.05) is 21.7 Å². The summed E-state index contributed by atoms with van der Waals surface area (Å²) in [7, 11) is -2.44. The molecule has 0 aliphatic carbocycles. The molecule has 2 aromatic rings. The van der Waals surface area contributed by atoms with E-state index in [4.69, 9.17) is 0 Å². The summed E-state index contributed by atoms with van der Waals surface area (Å²) in [6.45, 7) is 0. The number of sulfonamides is 1. The predicted molar refractivity (Wildman–Crippen MR) is 70.7 cm³/mol. The molecular formula is C10H10N4O4S2. The van der Waals surface area contributed by atoms with E-state index in [2.05, 4.69) is 24.3 Å². The number of esters is 1. The summed E-state index contributed by atoms with van der Waals surface area (Å²) in [5.41, 5.74) is 0.661. The van der Waals surface area contributed by atoms with Crippen LogP contribution < -0.4 is 4.72 Å². The van der Waals surface area contributed by atoms with E-state index in [1.165, 1.54) is 19.2 Å². The number of nitrogens with zero attached hydrogens (tertiary/aromatic N) is 3. The summed E-state index contributed by atoms with van der Waals surface area (Å²) in [5, 5.41) is 6.88. The lowest BCUT2D eigenvalue weighted by Gasteiger charge is -2.05. The Balaban J connectivity index is 2.14. The number of hydrogen-bond acceptors (Lipinski definition) is 8. The molecule has 0 aliphatic rings. The lowest BCUT2D eigenvalue weighted by molar-refractivity contribution is -0.139. The fourth-order valence-electron chi connectivity index (χ4n) is 1.37. The lowest BCUT2D eigenvalue weighted by atomic mass is 10.2. The second-order valence-electron chi connectivity index (χ2n) is 3.67. The molecule has 0 bridgehead atoms. The van der Waals surface area contributed by atoms with Crippen molar-refractivity contribution in [3.63, 3.8) is 0 Å². The van der Waals surface area contributed by atoms with Gasteiger partial charge in [0.15, 0.2) is 0 Å². The Morgan fingerprint density at radius 2 is 2.05 bits per heavy atom. The molecule has 0 amide bonds. The highest BCUT2D eigenvalue weighted by atomic mass is 32.2. The zero-order chi connectivity index (χ0) is 14.6. The van der Waals surface area contributed by atoms with E-state index < -0.39 is 16.0 Å². The fraction of sp³-hybridized carbons (Fsp3) is 0.200. The van der Waals surface area contributed by atoms with Gasteiger partial charge in [-0.2, -0.15) is 0 Å². The van der Waals surface area contributed by atoms with Crippen molar-refractivity contribution in [2.24, 2.45) is 0 Å². The fourth-order valence-corrected chi connectivity index (χ4v) is 2.96. The SMILES string of the molecule is COC(=O)Cc1ccc(S(=O)(=O)Nc2nnns2)cc1. The summed E-state index contributed by atoms with van der Waals surface area (Å²) in [6, 6.07) is 5.89. The Labute approximate surface area is 119 Å². The van der Waals surface area contributed by atoms with Crippen LogP contribution in [0.25, 0.3) is 0 Å². The predicted octanol–water partition coefficient (Wildman–Crippen LogP) is 0.449.